The highest BCUT2D eigenvalue weighted by molar-refractivity contribution is 5.97. The molecule has 1 amide bonds. The van der Waals surface area contributed by atoms with Crippen molar-refractivity contribution in [2.24, 2.45) is 11.7 Å². The standard InChI is InChI=1S/C11H17N3O/c1-3-8(2)7-14-11-9(10(12)15)5-4-6-13-11/h4-6,8H,3,7H2,1-2H3,(H2,12,15)(H,13,14). The van der Waals surface area contributed by atoms with E-state index in [2.05, 4.69) is 24.1 Å². The Balaban J connectivity index is 2.72. The molecule has 1 aromatic rings. The summed E-state index contributed by atoms with van der Waals surface area (Å²) in [5, 5.41) is 3.13. The first kappa shape index (κ1) is 11.5. The Morgan fingerprint density at radius 1 is 1.67 bits per heavy atom. The number of hydrogen-bond donors (Lipinski definition) is 2. The second-order valence-electron chi connectivity index (χ2n) is 3.66. The number of aromatic nitrogens is 1. The first-order valence-corrected chi connectivity index (χ1v) is 5.13. The van der Waals surface area contributed by atoms with Crippen molar-refractivity contribution in [3.8, 4) is 0 Å². The molecule has 0 bridgehead atoms. The lowest BCUT2D eigenvalue weighted by Gasteiger charge is -2.12. The summed E-state index contributed by atoms with van der Waals surface area (Å²) in [5.41, 5.74) is 5.68. The van der Waals surface area contributed by atoms with Crippen molar-refractivity contribution >= 4 is 11.7 Å². The molecule has 0 saturated carbocycles. The van der Waals surface area contributed by atoms with E-state index in [9.17, 15) is 4.79 Å². The maximum absolute atomic E-state index is 11.1. The molecule has 1 heterocycles. The van der Waals surface area contributed by atoms with Gasteiger partial charge in [0.15, 0.2) is 0 Å². The monoisotopic (exact) mass is 207 g/mol. The van der Waals surface area contributed by atoms with E-state index in [0.29, 0.717) is 17.3 Å². The fourth-order valence-electron chi connectivity index (χ4n) is 1.16. The molecule has 0 fully saturated rings. The molecule has 1 atom stereocenters. The summed E-state index contributed by atoms with van der Waals surface area (Å²) in [5.74, 6) is 0.674. The highest BCUT2D eigenvalue weighted by Crippen LogP contribution is 2.11. The van der Waals surface area contributed by atoms with Crippen LogP contribution in [-0.2, 0) is 0 Å². The number of pyridine rings is 1. The van der Waals surface area contributed by atoms with E-state index < -0.39 is 5.91 Å². The molecule has 82 valence electrons. The zero-order valence-corrected chi connectivity index (χ0v) is 9.16. The zero-order valence-electron chi connectivity index (χ0n) is 9.16. The van der Waals surface area contributed by atoms with E-state index in [1.807, 2.05) is 0 Å². The molecule has 0 spiro atoms. The van der Waals surface area contributed by atoms with Gasteiger partial charge in [0.1, 0.15) is 5.82 Å². The van der Waals surface area contributed by atoms with Gasteiger partial charge in [-0.25, -0.2) is 4.98 Å². The van der Waals surface area contributed by atoms with Gasteiger partial charge in [-0.15, -0.1) is 0 Å². The summed E-state index contributed by atoms with van der Waals surface area (Å²) < 4.78 is 0. The third kappa shape index (κ3) is 3.23. The van der Waals surface area contributed by atoms with Gasteiger partial charge in [0.25, 0.3) is 5.91 Å². The lowest BCUT2D eigenvalue weighted by Crippen LogP contribution is -2.18. The Morgan fingerprint density at radius 3 is 3.00 bits per heavy atom. The van der Waals surface area contributed by atoms with Gasteiger partial charge < -0.3 is 11.1 Å². The van der Waals surface area contributed by atoms with Crippen LogP contribution in [0.2, 0.25) is 0 Å². The molecule has 0 aliphatic carbocycles. The first-order chi connectivity index (χ1) is 7.15. The maximum Gasteiger partial charge on any atom is 0.252 e. The van der Waals surface area contributed by atoms with Gasteiger partial charge >= 0.3 is 0 Å². The second-order valence-corrected chi connectivity index (χ2v) is 3.66. The van der Waals surface area contributed by atoms with Gasteiger partial charge in [-0.2, -0.15) is 0 Å². The number of nitrogens with two attached hydrogens (primary N) is 1. The molecule has 0 aliphatic rings. The number of amides is 1. The van der Waals surface area contributed by atoms with Crippen molar-refractivity contribution in [1.82, 2.24) is 4.98 Å². The van der Waals surface area contributed by atoms with E-state index in [1.165, 1.54) is 0 Å². The number of rotatable bonds is 5. The third-order valence-corrected chi connectivity index (χ3v) is 2.39. The summed E-state index contributed by atoms with van der Waals surface area (Å²) in [6, 6.07) is 3.38. The maximum atomic E-state index is 11.1. The minimum atomic E-state index is -0.449. The Kier molecular flexibility index (Phi) is 4.09. The fraction of sp³-hybridized carbons (Fsp3) is 0.455. The van der Waals surface area contributed by atoms with Crippen molar-refractivity contribution in [1.29, 1.82) is 0 Å². The predicted molar refractivity (Wildman–Crippen MR) is 60.7 cm³/mol. The largest absolute Gasteiger partial charge is 0.369 e. The molecule has 0 aliphatic heterocycles. The van der Waals surface area contributed by atoms with Crippen LogP contribution in [0.3, 0.4) is 0 Å². The van der Waals surface area contributed by atoms with Crippen LogP contribution in [0, 0.1) is 5.92 Å². The number of nitrogens with zero attached hydrogens (tertiary/aromatic N) is 1. The molecule has 0 radical (unpaired) electrons. The predicted octanol–water partition coefficient (Wildman–Crippen LogP) is 1.64. The van der Waals surface area contributed by atoms with Crippen molar-refractivity contribution in [2.45, 2.75) is 20.3 Å². The normalized spacial score (nSPS) is 12.1. The van der Waals surface area contributed by atoms with Crippen LogP contribution in [0.4, 0.5) is 5.82 Å². The van der Waals surface area contributed by atoms with E-state index in [0.717, 1.165) is 13.0 Å². The molecule has 3 N–H and O–H groups in total. The Hall–Kier alpha value is -1.58. The molecule has 0 saturated heterocycles. The van der Waals surface area contributed by atoms with Crippen LogP contribution in [0.15, 0.2) is 18.3 Å². The molecular formula is C11H17N3O. The van der Waals surface area contributed by atoms with Crippen molar-refractivity contribution < 1.29 is 4.79 Å². The minimum absolute atomic E-state index is 0.445. The number of carbonyl (C=O) groups is 1. The highest BCUT2D eigenvalue weighted by atomic mass is 16.1. The summed E-state index contributed by atoms with van der Waals surface area (Å²) in [4.78, 5) is 15.2. The molecule has 15 heavy (non-hydrogen) atoms. The van der Waals surface area contributed by atoms with Crippen LogP contribution in [-0.4, -0.2) is 17.4 Å². The van der Waals surface area contributed by atoms with E-state index in [-0.39, 0.29) is 0 Å². The number of primary amides is 1. The molecular weight excluding hydrogens is 190 g/mol. The summed E-state index contributed by atoms with van der Waals surface area (Å²) in [6.45, 7) is 5.06. The number of anilines is 1. The van der Waals surface area contributed by atoms with E-state index in [1.54, 1.807) is 18.3 Å². The van der Waals surface area contributed by atoms with E-state index in [4.69, 9.17) is 5.73 Å². The van der Waals surface area contributed by atoms with Gasteiger partial charge in [-0.3, -0.25) is 4.79 Å². The van der Waals surface area contributed by atoms with E-state index >= 15 is 0 Å². The lowest BCUT2D eigenvalue weighted by molar-refractivity contribution is 0.100. The second kappa shape index (κ2) is 5.34. The topological polar surface area (TPSA) is 68.0 Å². The molecule has 1 aromatic heterocycles. The van der Waals surface area contributed by atoms with Crippen molar-refractivity contribution in [3.63, 3.8) is 0 Å². The van der Waals surface area contributed by atoms with Crippen LogP contribution in [0.5, 0.6) is 0 Å². The molecule has 4 heteroatoms. The smallest absolute Gasteiger partial charge is 0.252 e. The van der Waals surface area contributed by atoms with Crippen molar-refractivity contribution in [2.75, 3.05) is 11.9 Å². The minimum Gasteiger partial charge on any atom is -0.369 e. The van der Waals surface area contributed by atoms with Crippen LogP contribution >= 0.6 is 0 Å². The summed E-state index contributed by atoms with van der Waals surface area (Å²) in [6.07, 6.45) is 2.73. The quantitative estimate of drug-likeness (QED) is 0.771. The fourth-order valence-corrected chi connectivity index (χ4v) is 1.16. The van der Waals surface area contributed by atoms with Crippen LogP contribution in [0.1, 0.15) is 30.6 Å². The number of nitrogens with one attached hydrogen (secondary N) is 1. The summed E-state index contributed by atoms with van der Waals surface area (Å²) in [7, 11) is 0. The Morgan fingerprint density at radius 2 is 2.40 bits per heavy atom. The summed E-state index contributed by atoms with van der Waals surface area (Å²) >= 11 is 0. The Bertz CT molecular complexity index is 338. The van der Waals surface area contributed by atoms with Crippen molar-refractivity contribution in [3.05, 3.63) is 23.9 Å². The zero-order chi connectivity index (χ0) is 11.3. The average Bonchev–Trinajstić information content (AvgIpc) is 2.26. The average molecular weight is 207 g/mol. The molecule has 1 rings (SSSR count). The highest BCUT2D eigenvalue weighted by Gasteiger charge is 2.08. The number of hydrogen-bond acceptors (Lipinski definition) is 3. The van der Waals surface area contributed by atoms with Gasteiger partial charge in [0.05, 0.1) is 5.56 Å². The van der Waals surface area contributed by atoms with Gasteiger partial charge in [0, 0.05) is 12.7 Å². The SMILES string of the molecule is CCC(C)CNc1ncccc1C(N)=O. The molecule has 0 aromatic carbocycles. The van der Waals surface area contributed by atoms with Gasteiger partial charge in [-0.1, -0.05) is 20.3 Å². The Labute approximate surface area is 89.9 Å². The first-order valence-electron chi connectivity index (χ1n) is 5.13. The third-order valence-electron chi connectivity index (χ3n) is 2.39. The number of carbonyl (C=O) groups excluding carboxylic acids is 1. The lowest BCUT2D eigenvalue weighted by atomic mass is 10.1. The van der Waals surface area contributed by atoms with Crippen LogP contribution in [0.25, 0.3) is 0 Å². The van der Waals surface area contributed by atoms with Gasteiger partial charge in [0.2, 0.25) is 0 Å². The molecule has 1 unspecified atom stereocenters. The van der Waals surface area contributed by atoms with Crippen LogP contribution < -0.4 is 11.1 Å². The van der Waals surface area contributed by atoms with Gasteiger partial charge in [-0.05, 0) is 18.1 Å². The molecule has 4 nitrogen and oxygen atoms in total.